The van der Waals surface area contributed by atoms with Crippen LogP contribution < -0.4 is 11.5 Å². The topological polar surface area (TPSA) is 86.2 Å². The van der Waals surface area contributed by atoms with Gasteiger partial charge in [0.2, 0.25) is 0 Å². The van der Waals surface area contributed by atoms with Gasteiger partial charge in [-0.2, -0.15) is 0 Å². The van der Waals surface area contributed by atoms with E-state index >= 15 is 0 Å². The summed E-state index contributed by atoms with van der Waals surface area (Å²) in [5.74, 6) is 0.144. The van der Waals surface area contributed by atoms with Crippen LogP contribution in [0.15, 0.2) is 0 Å². The third kappa shape index (κ3) is 7.23. The van der Waals surface area contributed by atoms with Gasteiger partial charge in [0.1, 0.15) is 0 Å². The molecule has 0 aromatic rings. The van der Waals surface area contributed by atoms with Crippen molar-refractivity contribution in [1.82, 2.24) is 0 Å². The summed E-state index contributed by atoms with van der Waals surface area (Å²) in [6.45, 7) is 6.87. The fourth-order valence-electron chi connectivity index (χ4n) is 1.39. The summed E-state index contributed by atoms with van der Waals surface area (Å²) >= 11 is 0. The van der Waals surface area contributed by atoms with Crippen LogP contribution in [0.2, 0.25) is 0 Å². The van der Waals surface area contributed by atoms with Gasteiger partial charge in [0.15, 0.2) is 11.6 Å². The number of carbonyl (C=O) groups excluding carboxylic acids is 2. The van der Waals surface area contributed by atoms with Crippen molar-refractivity contribution in [2.45, 2.75) is 70.9 Å². The van der Waals surface area contributed by atoms with Crippen molar-refractivity contribution in [3.63, 3.8) is 0 Å². The van der Waals surface area contributed by atoms with E-state index in [0.717, 1.165) is 19.3 Å². The van der Waals surface area contributed by atoms with Crippen LogP contribution in [0.4, 0.5) is 0 Å². The molecule has 0 aromatic carbocycles. The van der Waals surface area contributed by atoms with E-state index in [-0.39, 0.29) is 11.6 Å². The zero-order valence-electron chi connectivity index (χ0n) is 11.5. The summed E-state index contributed by atoms with van der Waals surface area (Å²) in [7, 11) is 0. The van der Waals surface area contributed by atoms with Crippen molar-refractivity contribution >= 4 is 11.6 Å². The normalized spacial score (nSPS) is 12.6. The van der Waals surface area contributed by atoms with Crippen molar-refractivity contribution in [3.8, 4) is 0 Å². The van der Waals surface area contributed by atoms with E-state index in [0.29, 0.717) is 12.8 Å². The fourth-order valence-corrected chi connectivity index (χ4v) is 1.39. The summed E-state index contributed by atoms with van der Waals surface area (Å²) in [5.41, 5.74) is 9.88. The monoisotopic (exact) mass is 242 g/mol. The molecule has 0 aliphatic carbocycles. The summed E-state index contributed by atoms with van der Waals surface area (Å²) in [4.78, 5) is 23.0. The number of ketones is 2. The largest absolute Gasteiger partial charge is 0.319 e. The third-order valence-corrected chi connectivity index (χ3v) is 2.75. The van der Waals surface area contributed by atoms with E-state index in [1.165, 1.54) is 0 Å². The van der Waals surface area contributed by atoms with Crippen molar-refractivity contribution in [2.75, 3.05) is 0 Å². The molecule has 0 heterocycles. The van der Waals surface area contributed by atoms with E-state index < -0.39 is 11.1 Å². The Morgan fingerprint density at radius 2 is 1.06 bits per heavy atom. The molecular formula is C13H26N2O2. The first-order valence-electron chi connectivity index (χ1n) is 6.19. The Bertz CT molecular complexity index is 244. The highest BCUT2D eigenvalue weighted by Crippen LogP contribution is 2.11. The van der Waals surface area contributed by atoms with Gasteiger partial charge in [-0.05, 0) is 40.5 Å². The van der Waals surface area contributed by atoms with E-state index in [2.05, 4.69) is 0 Å². The van der Waals surface area contributed by atoms with E-state index in [9.17, 15) is 9.59 Å². The van der Waals surface area contributed by atoms with E-state index in [4.69, 9.17) is 11.5 Å². The van der Waals surface area contributed by atoms with Crippen LogP contribution in [0.5, 0.6) is 0 Å². The SMILES string of the molecule is CC(C)(N)C(=O)CCCCCC(=O)C(C)(C)N. The maximum Gasteiger partial charge on any atom is 0.152 e. The Kier molecular flexibility index (Phi) is 5.99. The average molecular weight is 242 g/mol. The molecule has 0 amide bonds. The van der Waals surface area contributed by atoms with Gasteiger partial charge in [-0.3, -0.25) is 9.59 Å². The Balaban J connectivity index is 3.68. The second-order valence-corrected chi connectivity index (χ2v) is 5.85. The number of unbranched alkanes of at least 4 members (excludes halogenated alkanes) is 2. The van der Waals surface area contributed by atoms with Crippen LogP contribution in [0, 0.1) is 0 Å². The molecular weight excluding hydrogens is 216 g/mol. The minimum absolute atomic E-state index is 0.0722. The van der Waals surface area contributed by atoms with Crippen LogP contribution in [-0.4, -0.2) is 22.6 Å². The van der Waals surface area contributed by atoms with Crippen molar-refractivity contribution in [1.29, 1.82) is 0 Å². The zero-order valence-corrected chi connectivity index (χ0v) is 11.5. The second-order valence-electron chi connectivity index (χ2n) is 5.85. The van der Waals surface area contributed by atoms with Gasteiger partial charge >= 0.3 is 0 Å². The molecule has 0 saturated heterocycles. The first-order chi connectivity index (χ1) is 7.55. The van der Waals surface area contributed by atoms with Gasteiger partial charge in [-0.1, -0.05) is 6.42 Å². The molecule has 0 aromatic heterocycles. The molecule has 17 heavy (non-hydrogen) atoms. The van der Waals surface area contributed by atoms with Crippen LogP contribution in [-0.2, 0) is 9.59 Å². The molecule has 100 valence electrons. The van der Waals surface area contributed by atoms with Gasteiger partial charge in [-0.25, -0.2) is 0 Å². The van der Waals surface area contributed by atoms with Crippen molar-refractivity contribution in [2.24, 2.45) is 11.5 Å². The van der Waals surface area contributed by atoms with Gasteiger partial charge < -0.3 is 11.5 Å². The summed E-state index contributed by atoms with van der Waals surface area (Å²) in [6, 6.07) is 0. The summed E-state index contributed by atoms with van der Waals surface area (Å²) in [5, 5.41) is 0. The Morgan fingerprint density at radius 1 is 0.765 bits per heavy atom. The maximum atomic E-state index is 11.5. The summed E-state index contributed by atoms with van der Waals surface area (Å²) < 4.78 is 0. The number of hydrogen-bond acceptors (Lipinski definition) is 4. The van der Waals surface area contributed by atoms with Gasteiger partial charge in [0.05, 0.1) is 11.1 Å². The number of hydrogen-bond donors (Lipinski definition) is 2. The van der Waals surface area contributed by atoms with Gasteiger partial charge in [0.25, 0.3) is 0 Å². The van der Waals surface area contributed by atoms with Gasteiger partial charge in [-0.15, -0.1) is 0 Å². The van der Waals surface area contributed by atoms with E-state index in [1.54, 1.807) is 27.7 Å². The van der Waals surface area contributed by atoms with E-state index in [1.807, 2.05) is 0 Å². The fraction of sp³-hybridized carbons (Fsp3) is 0.846. The first kappa shape index (κ1) is 16.3. The molecule has 0 aliphatic heterocycles. The van der Waals surface area contributed by atoms with Crippen LogP contribution in [0.3, 0.4) is 0 Å². The molecule has 4 heteroatoms. The lowest BCUT2D eigenvalue weighted by Gasteiger charge is -2.17. The maximum absolute atomic E-state index is 11.5. The van der Waals surface area contributed by atoms with Crippen molar-refractivity contribution in [3.05, 3.63) is 0 Å². The first-order valence-corrected chi connectivity index (χ1v) is 6.19. The molecule has 4 N–H and O–H groups in total. The highest BCUT2D eigenvalue weighted by Gasteiger charge is 2.22. The highest BCUT2D eigenvalue weighted by molar-refractivity contribution is 5.87. The van der Waals surface area contributed by atoms with Crippen molar-refractivity contribution < 1.29 is 9.59 Å². The quantitative estimate of drug-likeness (QED) is 0.632. The Labute approximate surface area is 104 Å². The molecule has 0 fully saturated rings. The van der Waals surface area contributed by atoms with Gasteiger partial charge in [0, 0.05) is 12.8 Å². The minimum atomic E-state index is -0.741. The number of rotatable bonds is 8. The molecule has 0 bridgehead atoms. The zero-order chi connectivity index (χ0) is 13.7. The number of nitrogens with two attached hydrogens (primary N) is 2. The molecule has 0 aliphatic rings. The molecule has 0 rings (SSSR count). The van der Waals surface area contributed by atoms with Crippen LogP contribution in [0.25, 0.3) is 0 Å². The Hall–Kier alpha value is -0.740. The number of Topliss-reactive ketones (excluding diaryl/α,β-unsaturated/α-hetero) is 2. The molecule has 0 radical (unpaired) electrons. The third-order valence-electron chi connectivity index (χ3n) is 2.75. The lowest BCUT2D eigenvalue weighted by Crippen LogP contribution is -2.41. The Morgan fingerprint density at radius 3 is 1.29 bits per heavy atom. The average Bonchev–Trinajstić information content (AvgIpc) is 2.13. The minimum Gasteiger partial charge on any atom is -0.319 e. The molecule has 0 unspecified atom stereocenters. The second kappa shape index (κ2) is 6.26. The van der Waals surface area contributed by atoms with Crippen LogP contribution >= 0.6 is 0 Å². The lowest BCUT2D eigenvalue weighted by molar-refractivity contribution is -0.123. The predicted molar refractivity (Wildman–Crippen MR) is 69.6 cm³/mol. The molecule has 0 atom stereocenters. The van der Waals surface area contributed by atoms with Crippen LogP contribution in [0.1, 0.15) is 59.8 Å². The molecule has 0 saturated carbocycles. The smallest absolute Gasteiger partial charge is 0.152 e. The predicted octanol–water partition coefficient (Wildman–Crippen LogP) is 1.55. The molecule has 0 spiro atoms. The highest BCUT2D eigenvalue weighted by atomic mass is 16.1. The number of carbonyl (C=O) groups is 2. The lowest BCUT2D eigenvalue weighted by atomic mass is 9.93. The molecule has 4 nitrogen and oxygen atoms in total. The standard InChI is InChI=1S/C13H26N2O2/c1-12(2,14)10(16)8-6-5-7-9-11(17)13(3,4)15/h5-9,14-15H2,1-4H3. The summed E-state index contributed by atoms with van der Waals surface area (Å²) in [6.07, 6.45) is 3.42.